The van der Waals surface area contributed by atoms with Gasteiger partial charge in [-0.3, -0.25) is 4.79 Å². The molecule has 1 rings (SSSR count). The molecule has 1 aliphatic heterocycles. The highest BCUT2D eigenvalue weighted by Gasteiger charge is 2.15. The maximum Gasteiger partial charge on any atom is 0.220 e. The Morgan fingerprint density at radius 1 is 1.50 bits per heavy atom. The van der Waals surface area contributed by atoms with Gasteiger partial charge in [0.15, 0.2) is 0 Å². The normalized spacial score (nSPS) is 20.9. The average Bonchev–Trinajstić information content (AvgIpc) is 2.65. The summed E-state index contributed by atoms with van der Waals surface area (Å²) in [5.74, 6) is -0.0437. The van der Waals surface area contributed by atoms with Crippen LogP contribution in [0.4, 0.5) is 0 Å². The summed E-state index contributed by atoms with van der Waals surface area (Å²) >= 11 is 0. The quantitative estimate of drug-likeness (QED) is 0.675. The van der Waals surface area contributed by atoms with Gasteiger partial charge >= 0.3 is 0 Å². The van der Waals surface area contributed by atoms with E-state index in [0.29, 0.717) is 12.5 Å². The molecule has 1 aliphatic rings. The highest BCUT2D eigenvalue weighted by atomic mass is 32.2. The minimum absolute atomic E-state index is 0.0143. The zero-order chi connectivity index (χ0) is 12.0. The van der Waals surface area contributed by atoms with Crippen molar-refractivity contribution in [1.82, 2.24) is 10.6 Å². The number of rotatable bonds is 6. The van der Waals surface area contributed by atoms with Gasteiger partial charge in [-0.1, -0.05) is 0 Å². The molecular formula is C10H20N2O3S. The second-order valence-electron chi connectivity index (χ2n) is 4.31. The Morgan fingerprint density at radius 3 is 2.81 bits per heavy atom. The van der Waals surface area contributed by atoms with Gasteiger partial charge in [0.25, 0.3) is 0 Å². The first-order valence-corrected chi connectivity index (χ1v) is 7.71. The van der Waals surface area contributed by atoms with Crippen molar-refractivity contribution >= 4 is 15.7 Å². The predicted molar refractivity (Wildman–Crippen MR) is 63.0 cm³/mol. The molecule has 1 amide bonds. The summed E-state index contributed by atoms with van der Waals surface area (Å²) < 4.78 is 21.6. The number of hydrogen-bond donors (Lipinski definition) is 2. The Balaban J connectivity index is 2.06. The van der Waals surface area contributed by atoms with Crippen molar-refractivity contribution < 1.29 is 13.2 Å². The summed E-state index contributed by atoms with van der Waals surface area (Å²) in [6, 6.07) is 0.459. The minimum atomic E-state index is -2.98. The Hall–Kier alpha value is -0.620. The zero-order valence-electron chi connectivity index (χ0n) is 9.66. The van der Waals surface area contributed by atoms with Crippen LogP contribution in [0.2, 0.25) is 0 Å². The Kier molecular flexibility index (Phi) is 5.21. The third-order valence-electron chi connectivity index (χ3n) is 2.68. The molecule has 0 aromatic rings. The van der Waals surface area contributed by atoms with Crippen LogP contribution < -0.4 is 10.6 Å². The monoisotopic (exact) mass is 248 g/mol. The van der Waals surface area contributed by atoms with E-state index in [4.69, 9.17) is 0 Å². The van der Waals surface area contributed by atoms with Gasteiger partial charge in [-0.05, 0) is 25.8 Å². The second kappa shape index (κ2) is 6.20. The molecule has 0 aromatic carbocycles. The molecular weight excluding hydrogens is 228 g/mol. The molecule has 1 fully saturated rings. The van der Waals surface area contributed by atoms with Gasteiger partial charge in [-0.2, -0.15) is 0 Å². The van der Waals surface area contributed by atoms with Crippen LogP contribution in [0.1, 0.15) is 25.7 Å². The summed E-state index contributed by atoms with van der Waals surface area (Å²) in [6.07, 6.45) is 4.80. The fraction of sp³-hybridized carbons (Fsp3) is 0.900. The van der Waals surface area contributed by atoms with Crippen molar-refractivity contribution in [1.29, 1.82) is 0 Å². The summed E-state index contributed by atoms with van der Waals surface area (Å²) in [7, 11) is -2.98. The van der Waals surface area contributed by atoms with Crippen molar-refractivity contribution in [2.45, 2.75) is 31.7 Å². The Bertz CT molecular complexity index is 321. The summed E-state index contributed by atoms with van der Waals surface area (Å²) in [5, 5.41) is 5.93. The molecule has 0 spiro atoms. The van der Waals surface area contributed by atoms with Crippen LogP contribution in [-0.2, 0) is 14.6 Å². The van der Waals surface area contributed by atoms with E-state index in [1.54, 1.807) is 0 Å². The van der Waals surface area contributed by atoms with Crippen molar-refractivity contribution in [3.63, 3.8) is 0 Å². The topological polar surface area (TPSA) is 75.3 Å². The standard InChI is InChI=1S/C10H20N2O3S/c1-16(14,15)8-7-12-10(13)5-4-9-3-2-6-11-9/h9,11H,2-8H2,1H3,(H,12,13). The van der Waals surface area contributed by atoms with Gasteiger partial charge in [-0.25, -0.2) is 8.42 Å². The molecule has 1 unspecified atom stereocenters. The molecule has 5 nitrogen and oxygen atoms in total. The number of nitrogens with one attached hydrogen (secondary N) is 2. The first-order valence-electron chi connectivity index (χ1n) is 5.65. The van der Waals surface area contributed by atoms with E-state index in [-0.39, 0.29) is 18.2 Å². The second-order valence-corrected chi connectivity index (χ2v) is 6.57. The van der Waals surface area contributed by atoms with Crippen LogP contribution in [0.3, 0.4) is 0 Å². The van der Waals surface area contributed by atoms with E-state index in [1.165, 1.54) is 12.7 Å². The number of sulfone groups is 1. The minimum Gasteiger partial charge on any atom is -0.355 e. The van der Waals surface area contributed by atoms with Crippen molar-refractivity contribution in [3.05, 3.63) is 0 Å². The first-order chi connectivity index (χ1) is 7.47. The lowest BCUT2D eigenvalue weighted by molar-refractivity contribution is -0.121. The number of amides is 1. The molecule has 0 radical (unpaired) electrons. The molecule has 0 aliphatic carbocycles. The van der Waals surface area contributed by atoms with Crippen LogP contribution >= 0.6 is 0 Å². The molecule has 94 valence electrons. The highest BCUT2D eigenvalue weighted by Crippen LogP contribution is 2.10. The van der Waals surface area contributed by atoms with E-state index in [1.807, 2.05) is 0 Å². The SMILES string of the molecule is CS(=O)(=O)CCNC(=O)CCC1CCCN1. The molecule has 6 heteroatoms. The zero-order valence-corrected chi connectivity index (χ0v) is 10.5. The lowest BCUT2D eigenvalue weighted by atomic mass is 10.1. The van der Waals surface area contributed by atoms with Crippen molar-refractivity contribution in [2.24, 2.45) is 0 Å². The molecule has 2 N–H and O–H groups in total. The largest absolute Gasteiger partial charge is 0.355 e. The van der Waals surface area contributed by atoms with Gasteiger partial charge in [0.2, 0.25) is 5.91 Å². The number of carbonyl (C=O) groups is 1. The van der Waals surface area contributed by atoms with Crippen LogP contribution in [0, 0.1) is 0 Å². The van der Waals surface area contributed by atoms with E-state index < -0.39 is 9.84 Å². The molecule has 0 aromatic heterocycles. The molecule has 1 saturated heterocycles. The van der Waals surface area contributed by atoms with Gasteiger partial charge < -0.3 is 10.6 Å². The number of carbonyl (C=O) groups excluding carboxylic acids is 1. The smallest absolute Gasteiger partial charge is 0.220 e. The van der Waals surface area contributed by atoms with Gasteiger partial charge in [0.1, 0.15) is 9.84 Å². The summed E-state index contributed by atoms with van der Waals surface area (Å²) in [6.45, 7) is 1.26. The molecule has 1 heterocycles. The van der Waals surface area contributed by atoms with E-state index in [9.17, 15) is 13.2 Å². The third kappa shape index (κ3) is 6.07. The molecule has 0 saturated carbocycles. The van der Waals surface area contributed by atoms with Gasteiger partial charge in [-0.15, -0.1) is 0 Å². The maximum absolute atomic E-state index is 11.4. The maximum atomic E-state index is 11.4. The summed E-state index contributed by atoms with van der Waals surface area (Å²) in [5.41, 5.74) is 0. The van der Waals surface area contributed by atoms with Crippen LogP contribution in [0.5, 0.6) is 0 Å². The fourth-order valence-electron chi connectivity index (χ4n) is 1.77. The number of hydrogen-bond acceptors (Lipinski definition) is 4. The Labute approximate surface area is 96.9 Å². The lowest BCUT2D eigenvalue weighted by Crippen LogP contribution is -2.30. The van der Waals surface area contributed by atoms with Crippen molar-refractivity contribution in [2.75, 3.05) is 25.1 Å². The van der Waals surface area contributed by atoms with Gasteiger partial charge in [0.05, 0.1) is 5.75 Å². The van der Waals surface area contributed by atoms with Crippen LogP contribution in [0.25, 0.3) is 0 Å². The predicted octanol–water partition coefficient (Wildman–Crippen LogP) is -0.321. The molecule has 1 atom stereocenters. The van der Waals surface area contributed by atoms with Gasteiger partial charge in [0, 0.05) is 25.3 Å². The van der Waals surface area contributed by atoms with Crippen LogP contribution in [0.15, 0.2) is 0 Å². The fourth-order valence-corrected chi connectivity index (χ4v) is 2.25. The highest BCUT2D eigenvalue weighted by molar-refractivity contribution is 7.90. The third-order valence-corrected chi connectivity index (χ3v) is 3.62. The van der Waals surface area contributed by atoms with Crippen LogP contribution in [-0.4, -0.2) is 45.5 Å². The Morgan fingerprint density at radius 2 is 2.25 bits per heavy atom. The summed E-state index contributed by atoms with van der Waals surface area (Å²) in [4.78, 5) is 11.4. The van der Waals surface area contributed by atoms with E-state index in [0.717, 1.165) is 19.4 Å². The molecule has 16 heavy (non-hydrogen) atoms. The van der Waals surface area contributed by atoms with E-state index in [2.05, 4.69) is 10.6 Å². The van der Waals surface area contributed by atoms with Crippen molar-refractivity contribution in [3.8, 4) is 0 Å². The van der Waals surface area contributed by atoms with E-state index >= 15 is 0 Å². The first kappa shape index (κ1) is 13.4. The average molecular weight is 248 g/mol. The lowest BCUT2D eigenvalue weighted by Gasteiger charge is -2.09. The molecule has 0 bridgehead atoms.